The molecular formula is C20H22ClNO4. The molecule has 26 heavy (non-hydrogen) atoms. The van der Waals surface area contributed by atoms with Crippen LogP contribution in [0.15, 0.2) is 48.5 Å². The maximum absolute atomic E-state index is 12.3. The Morgan fingerprint density at radius 2 is 1.73 bits per heavy atom. The molecule has 0 saturated carbocycles. The van der Waals surface area contributed by atoms with Gasteiger partial charge in [-0.05, 0) is 56.7 Å². The molecule has 0 saturated heterocycles. The Morgan fingerprint density at radius 1 is 1.08 bits per heavy atom. The van der Waals surface area contributed by atoms with Crippen molar-refractivity contribution in [3.05, 3.63) is 59.1 Å². The summed E-state index contributed by atoms with van der Waals surface area (Å²) >= 11 is 6.04. The number of carbonyl (C=O) groups excluding carboxylic acids is 2. The number of hydrogen-bond acceptors (Lipinski definition) is 4. The van der Waals surface area contributed by atoms with Gasteiger partial charge in [0.25, 0.3) is 5.91 Å². The molecule has 5 nitrogen and oxygen atoms in total. The van der Waals surface area contributed by atoms with Gasteiger partial charge in [0.15, 0.2) is 6.10 Å². The van der Waals surface area contributed by atoms with Gasteiger partial charge in [-0.3, -0.25) is 4.79 Å². The summed E-state index contributed by atoms with van der Waals surface area (Å²) in [5.74, 6) is -0.221. The summed E-state index contributed by atoms with van der Waals surface area (Å²) in [6.45, 7) is 5.40. The first-order chi connectivity index (χ1) is 12.4. The molecule has 0 aliphatic rings. The molecule has 138 valence electrons. The van der Waals surface area contributed by atoms with Crippen LogP contribution in [0.1, 0.15) is 37.6 Å². The summed E-state index contributed by atoms with van der Waals surface area (Å²) in [5, 5.41) is 3.21. The lowest BCUT2D eigenvalue weighted by Gasteiger charge is -2.17. The Hall–Kier alpha value is -2.53. The minimum atomic E-state index is -0.730. The van der Waals surface area contributed by atoms with E-state index in [2.05, 4.69) is 5.32 Å². The number of benzene rings is 2. The van der Waals surface area contributed by atoms with E-state index in [4.69, 9.17) is 21.1 Å². The molecule has 0 radical (unpaired) electrons. The Bertz CT molecular complexity index is 761. The summed E-state index contributed by atoms with van der Waals surface area (Å²) in [6.07, 6.45) is -0.135. The molecular weight excluding hydrogens is 354 g/mol. The highest BCUT2D eigenvalue weighted by molar-refractivity contribution is 6.33. The van der Waals surface area contributed by atoms with E-state index >= 15 is 0 Å². The van der Waals surface area contributed by atoms with Crippen molar-refractivity contribution in [2.24, 2.45) is 0 Å². The number of esters is 1. The summed E-state index contributed by atoms with van der Waals surface area (Å²) in [4.78, 5) is 24.2. The molecule has 1 amide bonds. The van der Waals surface area contributed by atoms with Gasteiger partial charge in [0, 0.05) is 5.56 Å². The quantitative estimate of drug-likeness (QED) is 0.712. The molecule has 0 bridgehead atoms. The van der Waals surface area contributed by atoms with Crippen LogP contribution in [0.2, 0.25) is 5.02 Å². The number of rotatable bonds is 7. The second-order valence-electron chi connectivity index (χ2n) is 5.87. The Balaban J connectivity index is 1.96. The summed E-state index contributed by atoms with van der Waals surface area (Å²) in [6, 6.07) is 13.5. The molecule has 0 aromatic heterocycles. The van der Waals surface area contributed by atoms with E-state index in [1.54, 1.807) is 55.5 Å². The van der Waals surface area contributed by atoms with Crippen molar-refractivity contribution >= 4 is 29.2 Å². The largest absolute Gasteiger partial charge is 0.479 e. The zero-order valence-corrected chi connectivity index (χ0v) is 15.7. The highest BCUT2D eigenvalue weighted by Crippen LogP contribution is 2.22. The summed E-state index contributed by atoms with van der Waals surface area (Å²) in [5.41, 5.74) is 0.994. The van der Waals surface area contributed by atoms with Gasteiger partial charge in [-0.25, -0.2) is 4.79 Å². The van der Waals surface area contributed by atoms with E-state index in [9.17, 15) is 9.59 Å². The van der Waals surface area contributed by atoms with Gasteiger partial charge in [-0.15, -0.1) is 0 Å². The Kier molecular flexibility index (Phi) is 7.04. The Morgan fingerprint density at radius 3 is 2.35 bits per heavy atom. The van der Waals surface area contributed by atoms with Gasteiger partial charge in [0.2, 0.25) is 0 Å². The van der Waals surface area contributed by atoms with E-state index in [1.165, 1.54) is 0 Å². The number of para-hydroxylation sites is 1. The third kappa shape index (κ3) is 5.49. The van der Waals surface area contributed by atoms with Crippen molar-refractivity contribution in [2.45, 2.75) is 39.4 Å². The molecule has 2 aromatic carbocycles. The molecule has 2 unspecified atom stereocenters. The molecule has 6 heteroatoms. The monoisotopic (exact) mass is 375 g/mol. The molecule has 2 atom stereocenters. The highest BCUT2D eigenvalue weighted by atomic mass is 35.5. The van der Waals surface area contributed by atoms with E-state index in [-0.39, 0.29) is 12.0 Å². The number of halogens is 1. The maximum Gasteiger partial charge on any atom is 0.347 e. The van der Waals surface area contributed by atoms with Gasteiger partial charge in [0.1, 0.15) is 5.75 Å². The standard InChI is InChI=1S/C20H22ClNO4/c1-4-13(2)25-20(24)14(3)26-16-11-9-15(10-12-16)19(23)22-18-8-6-5-7-17(18)21/h5-14H,4H2,1-3H3,(H,22,23). The zero-order valence-electron chi connectivity index (χ0n) is 15.0. The third-order valence-corrected chi connectivity index (χ3v) is 4.11. The molecule has 0 spiro atoms. The smallest absolute Gasteiger partial charge is 0.347 e. The maximum atomic E-state index is 12.3. The molecule has 0 aliphatic heterocycles. The van der Waals surface area contributed by atoms with Crippen molar-refractivity contribution in [3.8, 4) is 5.75 Å². The zero-order chi connectivity index (χ0) is 19.1. The fraction of sp³-hybridized carbons (Fsp3) is 0.300. The van der Waals surface area contributed by atoms with Crippen LogP contribution in [0.4, 0.5) is 5.69 Å². The second kappa shape index (κ2) is 9.25. The van der Waals surface area contributed by atoms with Crippen molar-refractivity contribution in [1.82, 2.24) is 0 Å². The van der Waals surface area contributed by atoms with Gasteiger partial charge in [0.05, 0.1) is 16.8 Å². The topological polar surface area (TPSA) is 64.6 Å². The summed E-state index contributed by atoms with van der Waals surface area (Å²) < 4.78 is 10.8. The second-order valence-corrected chi connectivity index (χ2v) is 6.28. The fourth-order valence-electron chi connectivity index (χ4n) is 2.07. The average Bonchev–Trinajstić information content (AvgIpc) is 2.63. The van der Waals surface area contributed by atoms with E-state index in [0.717, 1.165) is 6.42 Å². The number of carbonyl (C=O) groups is 2. The predicted octanol–water partition coefficient (Wildman–Crippen LogP) is 4.70. The minimum absolute atomic E-state index is 0.149. The lowest BCUT2D eigenvalue weighted by atomic mass is 10.2. The van der Waals surface area contributed by atoms with Gasteiger partial charge in [-0.1, -0.05) is 30.7 Å². The van der Waals surface area contributed by atoms with Gasteiger partial charge in [-0.2, -0.15) is 0 Å². The normalized spacial score (nSPS) is 12.8. The third-order valence-electron chi connectivity index (χ3n) is 3.78. The number of anilines is 1. The summed E-state index contributed by atoms with van der Waals surface area (Å²) in [7, 11) is 0. The SMILES string of the molecule is CCC(C)OC(=O)C(C)Oc1ccc(C(=O)Nc2ccccc2Cl)cc1. The fourth-order valence-corrected chi connectivity index (χ4v) is 2.25. The molecule has 2 aromatic rings. The van der Waals surface area contributed by atoms with Gasteiger partial charge < -0.3 is 14.8 Å². The predicted molar refractivity (Wildman–Crippen MR) is 102 cm³/mol. The molecule has 0 heterocycles. The van der Waals surface area contributed by atoms with Crippen LogP contribution in [-0.4, -0.2) is 24.1 Å². The first-order valence-electron chi connectivity index (χ1n) is 8.43. The number of hydrogen-bond donors (Lipinski definition) is 1. The van der Waals surface area contributed by atoms with E-state index in [1.807, 2.05) is 13.8 Å². The lowest BCUT2D eigenvalue weighted by Crippen LogP contribution is -2.29. The first-order valence-corrected chi connectivity index (χ1v) is 8.81. The van der Waals surface area contributed by atoms with Crippen molar-refractivity contribution in [2.75, 3.05) is 5.32 Å². The van der Waals surface area contributed by atoms with Crippen LogP contribution >= 0.6 is 11.6 Å². The number of amides is 1. The molecule has 2 rings (SSSR count). The van der Waals surface area contributed by atoms with Crippen LogP contribution in [0, 0.1) is 0 Å². The van der Waals surface area contributed by atoms with E-state index in [0.29, 0.717) is 22.0 Å². The molecule has 0 aliphatic carbocycles. The molecule has 0 fully saturated rings. The van der Waals surface area contributed by atoms with Crippen molar-refractivity contribution in [1.29, 1.82) is 0 Å². The first kappa shape index (κ1) is 19.8. The Labute approximate surface area is 158 Å². The van der Waals surface area contributed by atoms with Crippen molar-refractivity contribution < 1.29 is 19.1 Å². The lowest BCUT2D eigenvalue weighted by molar-refractivity contribution is -0.155. The van der Waals surface area contributed by atoms with E-state index < -0.39 is 12.1 Å². The average molecular weight is 376 g/mol. The number of ether oxygens (including phenoxy) is 2. The van der Waals surface area contributed by atoms with Crippen LogP contribution in [0.3, 0.4) is 0 Å². The van der Waals surface area contributed by atoms with Crippen LogP contribution < -0.4 is 10.1 Å². The minimum Gasteiger partial charge on any atom is -0.479 e. The van der Waals surface area contributed by atoms with Crippen LogP contribution in [0.5, 0.6) is 5.75 Å². The highest BCUT2D eigenvalue weighted by Gasteiger charge is 2.18. The van der Waals surface area contributed by atoms with Crippen LogP contribution in [-0.2, 0) is 9.53 Å². The number of nitrogens with one attached hydrogen (secondary N) is 1. The van der Waals surface area contributed by atoms with Gasteiger partial charge >= 0.3 is 5.97 Å². The van der Waals surface area contributed by atoms with Crippen LogP contribution in [0.25, 0.3) is 0 Å². The van der Waals surface area contributed by atoms with Crippen molar-refractivity contribution in [3.63, 3.8) is 0 Å². The molecule has 1 N–H and O–H groups in total.